The van der Waals surface area contributed by atoms with Gasteiger partial charge in [-0.15, -0.1) is 0 Å². The Hall–Kier alpha value is -3.88. The number of methoxy groups -OCH3 is 3. The van der Waals surface area contributed by atoms with Crippen molar-refractivity contribution in [3.8, 4) is 0 Å². The third-order valence-corrected chi connectivity index (χ3v) is 4.09. The quantitative estimate of drug-likeness (QED) is 0.629. The summed E-state index contributed by atoms with van der Waals surface area (Å²) in [6.07, 6.45) is 6.24. The monoisotopic (exact) mass is 383 g/mol. The summed E-state index contributed by atoms with van der Waals surface area (Å²) in [5.41, 5.74) is 0.951. The topological polar surface area (TPSA) is 111 Å². The first-order chi connectivity index (χ1) is 13.5. The van der Waals surface area contributed by atoms with E-state index < -0.39 is 17.9 Å². The molecule has 9 heteroatoms. The van der Waals surface area contributed by atoms with Crippen LogP contribution in [0.5, 0.6) is 0 Å². The molecule has 2 heterocycles. The lowest BCUT2D eigenvalue weighted by Crippen LogP contribution is -2.27. The minimum atomic E-state index is -0.753. The Morgan fingerprint density at radius 1 is 0.964 bits per heavy atom. The number of ether oxygens (including phenoxy) is 3. The lowest BCUT2D eigenvalue weighted by atomic mass is 10.1. The molecule has 0 saturated carbocycles. The number of carbonyl (C=O) groups excluding carboxylic acids is 3. The average Bonchev–Trinajstić information content (AvgIpc) is 3.04. The van der Waals surface area contributed by atoms with Gasteiger partial charge in [-0.2, -0.15) is 5.10 Å². The predicted molar refractivity (Wildman–Crippen MR) is 99.3 cm³/mol. The highest BCUT2D eigenvalue weighted by molar-refractivity contribution is 6.11. The smallest absolute Gasteiger partial charge is 0.359 e. The Morgan fingerprint density at radius 3 is 2.36 bits per heavy atom. The van der Waals surface area contributed by atoms with Crippen LogP contribution in [0.2, 0.25) is 0 Å². The maximum Gasteiger partial charge on any atom is 0.359 e. The summed E-state index contributed by atoms with van der Waals surface area (Å²) in [7, 11) is 3.67. The van der Waals surface area contributed by atoms with Crippen LogP contribution in [0.15, 0.2) is 53.9 Å². The number of rotatable bonds is 4. The molecule has 0 saturated heterocycles. The molecule has 3 rings (SSSR count). The van der Waals surface area contributed by atoms with E-state index in [9.17, 15) is 14.4 Å². The summed E-state index contributed by atoms with van der Waals surface area (Å²) >= 11 is 0. The number of fused-ring (bicyclic) bond motifs is 1. The highest BCUT2D eigenvalue weighted by Crippen LogP contribution is 2.34. The number of hydrogen-bond donors (Lipinski definition) is 1. The Balaban J connectivity index is 2.32. The first-order valence-electron chi connectivity index (χ1n) is 8.13. The maximum absolute atomic E-state index is 12.6. The second kappa shape index (κ2) is 7.78. The molecule has 1 aliphatic rings. The fourth-order valence-electron chi connectivity index (χ4n) is 2.85. The molecule has 9 nitrogen and oxygen atoms in total. The number of esters is 3. The molecule has 2 aromatic rings. The van der Waals surface area contributed by atoms with Crippen LogP contribution in [0.4, 0.5) is 5.69 Å². The van der Waals surface area contributed by atoms with E-state index in [4.69, 9.17) is 14.2 Å². The van der Waals surface area contributed by atoms with Gasteiger partial charge in [0, 0.05) is 6.20 Å². The fraction of sp³-hybridized carbons (Fsp3) is 0.158. The van der Waals surface area contributed by atoms with Crippen LogP contribution in [0.1, 0.15) is 10.5 Å². The van der Waals surface area contributed by atoms with Crippen LogP contribution in [-0.4, -0.2) is 49.4 Å². The van der Waals surface area contributed by atoms with Crippen LogP contribution in [0.25, 0.3) is 10.9 Å². The van der Waals surface area contributed by atoms with E-state index in [0.717, 1.165) is 0 Å². The molecule has 0 amide bonds. The minimum absolute atomic E-state index is 0.000494. The summed E-state index contributed by atoms with van der Waals surface area (Å²) < 4.78 is 14.5. The van der Waals surface area contributed by atoms with Crippen molar-refractivity contribution in [1.82, 2.24) is 10.2 Å². The number of carbonyl (C=O) groups is 3. The normalized spacial score (nSPS) is 13.5. The van der Waals surface area contributed by atoms with Gasteiger partial charge in [-0.05, 0) is 24.3 Å². The Morgan fingerprint density at radius 2 is 1.68 bits per heavy atom. The number of allylic oxidation sites excluding steroid dienone is 2. The van der Waals surface area contributed by atoms with Crippen LogP contribution in [-0.2, 0) is 23.8 Å². The largest absolute Gasteiger partial charge is 0.465 e. The Bertz CT molecular complexity index is 1050. The van der Waals surface area contributed by atoms with Crippen molar-refractivity contribution in [2.24, 2.45) is 0 Å². The number of anilines is 1. The average molecular weight is 383 g/mol. The lowest BCUT2D eigenvalue weighted by molar-refractivity contribution is -0.139. The molecule has 0 unspecified atom stereocenters. The van der Waals surface area contributed by atoms with E-state index in [2.05, 4.69) is 10.2 Å². The van der Waals surface area contributed by atoms with Gasteiger partial charge in [0.15, 0.2) is 5.69 Å². The van der Waals surface area contributed by atoms with Crippen molar-refractivity contribution in [1.29, 1.82) is 0 Å². The lowest BCUT2D eigenvalue weighted by Gasteiger charge is -2.23. The SMILES string of the molecule is COC(=O)C1=C(C(=O)OC)N(c2cccc3[nH]nc(C(=O)OC)c23)C=CC=C1. The summed E-state index contributed by atoms with van der Waals surface area (Å²) in [5.74, 6) is -2.11. The number of aromatic amines is 1. The van der Waals surface area contributed by atoms with E-state index in [1.807, 2.05) is 0 Å². The molecule has 0 bridgehead atoms. The van der Waals surface area contributed by atoms with Crippen molar-refractivity contribution in [3.63, 3.8) is 0 Å². The third kappa shape index (κ3) is 3.13. The molecule has 1 aromatic carbocycles. The second-order valence-electron chi connectivity index (χ2n) is 5.58. The van der Waals surface area contributed by atoms with E-state index in [1.54, 1.807) is 36.6 Å². The van der Waals surface area contributed by atoms with Crippen molar-refractivity contribution < 1.29 is 28.6 Å². The van der Waals surface area contributed by atoms with Gasteiger partial charge in [-0.1, -0.05) is 12.1 Å². The number of nitrogens with one attached hydrogen (secondary N) is 1. The molecule has 0 fully saturated rings. The van der Waals surface area contributed by atoms with Gasteiger partial charge in [-0.25, -0.2) is 14.4 Å². The highest BCUT2D eigenvalue weighted by Gasteiger charge is 2.30. The molecule has 144 valence electrons. The Kier molecular flexibility index (Phi) is 5.25. The van der Waals surface area contributed by atoms with Crippen LogP contribution in [0, 0.1) is 0 Å². The fourth-order valence-corrected chi connectivity index (χ4v) is 2.85. The van der Waals surface area contributed by atoms with Crippen molar-refractivity contribution >= 4 is 34.5 Å². The van der Waals surface area contributed by atoms with E-state index in [1.165, 1.54) is 32.3 Å². The zero-order valence-corrected chi connectivity index (χ0v) is 15.4. The molecule has 28 heavy (non-hydrogen) atoms. The van der Waals surface area contributed by atoms with E-state index in [-0.39, 0.29) is 17.0 Å². The van der Waals surface area contributed by atoms with Gasteiger partial charge in [-0.3, -0.25) is 5.10 Å². The van der Waals surface area contributed by atoms with Gasteiger partial charge in [0.25, 0.3) is 0 Å². The van der Waals surface area contributed by atoms with Crippen molar-refractivity contribution in [3.05, 3.63) is 59.6 Å². The summed E-state index contributed by atoms with van der Waals surface area (Å²) in [6, 6.07) is 5.12. The predicted octanol–water partition coefficient (Wildman–Crippen LogP) is 1.84. The van der Waals surface area contributed by atoms with E-state index >= 15 is 0 Å². The van der Waals surface area contributed by atoms with Crippen LogP contribution in [0.3, 0.4) is 0 Å². The summed E-state index contributed by atoms with van der Waals surface area (Å²) in [6.45, 7) is 0. The van der Waals surface area contributed by atoms with Gasteiger partial charge < -0.3 is 19.1 Å². The molecule has 1 aromatic heterocycles. The maximum atomic E-state index is 12.6. The third-order valence-electron chi connectivity index (χ3n) is 4.09. The van der Waals surface area contributed by atoms with Crippen LogP contribution >= 0.6 is 0 Å². The number of nitrogens with zero attached hydrogens (tertiary/aromatic N) is 2. The minimum Gasteiger partial charge on any atom is -0.465 e. The van der Waals surface area contributed by atoms with Gasteiger partial charge in [0.2, 0.25) is 0 Å². The zero-order chi connectivity index (χ0) is 20.3. The first kappa shape index (κ1) is 18.9. The summed E-state index contributed by atoms with van der Waals surface area (Å²) in [4.78, 5) is 38.4. The molecular weight excluding hydrogens is 366 g/mol. The Labute approximate surface area is 159 Å². The number of benzene rings is 1. The second-order valence-corrected chi connectivity index (χ2v) is 5.58. The van der Waals surface area contributed by atoms with Crippen LogP contribution < -0.4 is 4.90 Å². The van der Waals surface area contributed by atoms with Gasteiger partial charge in [0.1, 0.15) is 5.70 Å². The summed E-state index contributed by atoms with van der Waals surface area (Å²) in [5, 5.41) is 7.20. The molecule has 0 spiro atoms. The highest BCUT2D eigenvalue weighted by atomic mass is 16.5. The number of aromatic nitrogens is 2. The molecule has 1 N–H and O–H groups in total. The first-order valence-corrected chi connectivity index (χ1v) is 8.13. The van der Waals surface area contributed by atoms with Gasteiger partial charge >= 0.3 is 17.9 Å². The molecular formula is C19H17N3O6. The molecule has 0 aliphatic carbocycles. The molecule has 0 atom stereocenters. The number of hydrogen-bond acceptors (Lipinski definition) is 8. The molecule has 1 aliphatic heterocycles. The van der Waals surface area contributed by atoms with E-state index in [0.29, 0.717) is 16.6 Å². The standard InChI is InChI=1S/C19H17N3O6/c1-26-17(23)11-7-4-5-10-22(16(11)19(25)28-3)13-9-6-8-12-14(13)15(21-20-12)18(24)27-2/h4-10H,1-3H3,(H,20,21). The van der Waals surface area contributed by atoms with Crippen molar-refractivity contribution in [2.45, 2.75) is 0 Å². The zero-order valence-electron chi connectivity index (χ0n) is 15.4. The van der Waals surface area contributed by atoms with Crippen molar-refractivity contribution in [2.75, 3.05) is 26.2 Å². The van der Waals surface area contributed by atoms with Gasteiger partial charge in [0.05, 0.1) is 43.5 Å². The molecule has 0 radical (unpaired) electrons. The number of H-pyrrole nitrogens is 1.